The molecule has 4 rings (SSSR count). The van der Waals surface area contributed by atoms with Gasteiger partial charge in [-0.3, -0.25) is 19.3 Å². The highest BCUT2D eigenvalue weighted by Gasteiger charge is 2.68. The molecule has 0 saturated heterocycles. The standard InChI is InChI=1S/C25H37NO4/c1-5-26(6-2)15-21(29)25(30)12-10-19-18-8-7-16-13-17(27)9-11-23(16,3)22(18)20(28)14-24(19,25)4/h13,18-19,22,30H,5-12,14-15H2,1-4H3. The number of likely N-dealkylation sites (N-methyl/N-ethyl adjacent to an activating group) is 1. The summed E-state index contributed by atoms with van der Waals surface area (Å²) in [4.78, 5) is 41.0. The number of aliphatic hydroxyl groups is 1. The van der Waals surface area contributed by atoms with Crippen LogP contribution in [0.5, 0.6) is 0 Å². The Hall–Kier alpha value is -1.33. The van der Waals surface area contributed by atoms with Crippen molar-refractivity contribution in [3.63, 3.8) is 0 Å². The van der Waals surface area contributed by atoms with Crippen molar-refractivity contribution in [3.8, 4) is 0 Å². The first-order chi connectivity index (χ1) is 14.1. The van der Waals surface area contributed by atoms with Gasteiger partial charge in [-0.15, -0.1) is 0 Å². The minimum absolute atomic E-state index is 0.0797. The number of hydrogen-bond donors (Lipinski definition) is 1. The third kappa shape index (κ3) is 2.91. The molecule has 0 spiro atoms. The van der Waals surface area contributed by atoms with Crippen LogP contribution in [-0.2, 0) is 14.4 Å². The minimum atomic E-state index is -1.42. The molecule has 1 N–H and O–H groups in total. The molecule has 4 aliphatic rings. The zero-order valence-electron chi connectivity index (χ0n) is 19.0. The third-order valence-electron chi connectivity index (χ3n) is 9.53. The lowest BCUT2D eigenvalue weighted by atomic mass is 9.46. The Balaban J connectivity index is 1.66. The first-order valence-electron chi connectivity index (χ1n) is 11.9. The van der Waals surface area contributed by atoms with E-state index in [0.29, 0.717) is 12.8 Å². The van der Waals surface area contributed by atoms with E-state index in [2.05, 4.69) is 6.92 Å². The average Bonchev–Trinajstić information content (AvgIpc) is 2.97. The molecule has 6 atom stereocenters. The number of carbonyl (C=O) groups excluding carboxylic acids is 3. The first-order valence-corrected chi connectivity index (χ1v) is 11.9. The summed E-state index contributed by atoms with van der Waals surface area (Å²) in [6, 6.07) is 0. The molecule has 0 heterocycles. The summed E-state index contributed by atoms with van der Waals surface area (Å²) in [6.45, 7) is 10.0. The quantitative estimate of drug-likeness (QED) is 0.745. The number of carbonyl (C=O) groups is 3. The van der Waals surface area contributed by atoms with Gasteiger partial charge < -0.3 is 5.11 Å². The zero-order chi connectivity index (χ0) is 21.9. The van der Waals surface area contributed by atoms with E-state index in [4.69, 9.17) is 0 Å². The molecule has 5 nitrogen and oxygen atoms in total. The van der Waals surface area contributed by atoms with Gasteiger partial charge >= 0.3 is 0 Å². The van der Waals surface area contributed by atoms with E-state index in [0.717, 1.165) is 44.3 Å². The summed E-state index contributed by atoms with van der Waals surface area (Å²) in [5, 5.41) is 11.7. The monoisotopic (exact) mass is 415 g/mol. The molecule has 0 radical (unpaired) electrons. The number of rotatable bonds is 5. The predicted octanol–water partition coefficient (Wildman–Crippen LogP) is 3.34. The van der Waals surface area contributed by atoms with Crippen LogP contribution in [0.2, 0.25) is 0 Å². The van der Waals surface area contributed by atoms with Crippen LogP contribution < -0.4 is 0 Å². The second kappa shape index (κ2) is 7.37. The molecule has 166 valence electrons. The van der Waals surface area contributed by atoms with Gasteiger partial charge in [0.05, 0.1) is 6.54 Å². The molecule has 0 aliphatic heterocycles. The summed E-state index contributed by atoms with van der Waals surface area (Å²) in [5.74, 6) is 0.560. The van der Waals surface area contributed by atoms with Crippen LogP contribution >= 0.6 is 0 Å². The van der Waals surface area contributed by atoms with Gasteiger partial charge in [-0.25, -0.2) is 0 Å². The van der Waals surface area contributed by atoms with Gasteiger partial charge in [0.2, 0.25) is 0 Å². The topological polar surface area (TPSA) is 74.7 Å². The Labute approximate surface area is 180 Å². The molecule has 0 bridgehead atoms. The van der Waals surface area contributed by atoms with Crippen LogP contribution in [-0.4, -0.2) is 52.6 Å². The van der Waals surface area contributed by atoms with Crippen molar-refractivity contribution < 1.29 is 19.5 Å². The summed E-state index contributed by atoms with van der Waals surface area (Å²) in [7, 11) is 0. The van der Waals surface area contributed by atoms with Gasteiger partial charge in [-0.05, 0) is 68.5 Å². The molecule has 6 unspecified atom stereocenters. The van der Waals surface area contributed by atoms with Crippen molar-refractivity contribution in [2.24, 2.45) is 28.6 Å². The van der Waals surface area contributed by atoms with Gasteiger partial charge in [-0.2, -0.15) is 0 Å². The normalized spacial score (nSPS) is 43.1. The summed E-state index contributed by atoms with van der Waals surface area (Å²) < 4.78 is 0. The zero-order valence-corrected chi connectivity index (χ0v) is 19.0. The lowest BCUT2D eigenvalue weighted by molar-refractivity contribution is -0.169. The number of Topliss-reactive ketones (excluding diaryl/α,β-unsaturated/α-hetero) is 2. The highest BCUT2D eigenvalue weighted by atomic mass is 16.3. The predicted molar refractivity (Wildman–Crippen MR) is 115 cm³/mol. The molecule has 0 amide bonds. The highest BCUT2D eigenvalue weighted by molar-refractivity contribution is 5.94. The highest BCUT2D eigenvalue weighted by Crippen LogP contribution is 2.66. The lowest BCUT2D eigenvalue weighted by Crippen LogP contribution is -2.61. The first kappa shape index (κ1) is 21.9. The van der Waals surface area contributed by atoms with Crippen molar-refractivity contribution in [1.29, 1.82) is 0 Å². The van der Waals surface area contributed by atoms with Crippen LogP contribution in [0, 0.1) is 28.6 Å². The Morgan fingerprint density at radius 3 is 2.50 bits per heavy atom. The van der Waals surface area contributed by atoms with Gasteiger partial charge in [-0.1, -0.05) is 33.3 Å². The SMILES string of the molecule is CCN(CC)CC(=O)C1(O)CCC2C3CCC4=CC(=O)CCC4(C)C3C(=O)CC21C. The molecule has 0 aromatic heterocycles. The molecule has 3 saturated carbocycles. The van der Waals surface area contributed by atoms with Crippen LogP contribution in [0.3, 0.4) is 0 Å². The van der Waals surface area contributed by atoms with E-state index in [1.165, 1.54) is 0 Å². The third-order valence-corrected chi connectivity index (χ3v) is 9.53. The van der Waals surface area contributed by atoms with Crippen LogP contribution in [0.25, 0.3) is 0 Å². The van der Waals surface area contributed by atoms with E-state index in [1.807, 2.05) is 25.7 Å². The number of ketones is 3. The van der Waals surface area contributed by atoms with Gasteiger partial charge in [0.25, 0.3) is 0 Å². The number of hydrogen-bond acceptors (Lipinski definition) is 5. The van der Waals surface area contributed by atoms with Crippen molar-refractivity contribution in [3.05, 3.63) is 11.6 Å². The summed E-state index contributed by atoms with van der Waals surface area (Å²) in [6.07, 6.45) is 6.35. The molecule has 30 heavy (non-hydrogen) atoms. The molecule has 0 aromatic rings. The molecule has 0 aromatic carbocycles. The molecular weight excluding hydrogens is 378 g/mol. The lowest BCUT2D eigenvalue weighted by Gasteiger charge is -2.57. The fourth-order valence-electron chi connectivity index (χ4n) is 7.63. The number of allylic oxidation sites excluding steroid dienone is 1. The Morgan fingerprint density at radius 1 is 1.13 bits per heavy atom. The van der Waals surface area contributed by atoms with E-state index in [9.17, 15) is 19.5 Å². The van der Waals surface area contributed by atoms with Crippen LogP contribution in [0.15, 0.2) is 11.6 Å². The Bertz CT molecular complexity index is 799. The van der Waals surface area contributed by atoms with E-state index in [1.54, 1.807) is 6.08 Å². The number of nitrogens with zero attached hydrogens (tertiary/aromatic N) is 1. The smallest absolute Gasteiger partial charge is 0.178 e. The maximum atomic E-state index is 13.6. The van der Waals surface area contributed by atoms with Crippen molar-refractivity contribution in [2.45, 2.75) is 78.2 Å². The van der Waals surface area contributed by atoms with Crippen LogP contribution in [0.4, 0.5) is 0 Å². The van der Waals surface area contributed by atoms with Crippen molar-refractivity contribution in [2.75, 3.05) is 19.6 Å². The van der Waals surface area contributed by atoms with E-state index >= 15 is 0 Å². The van der Waals surface area contributed by atoms with Crippen molar-refractivity contribution >= 4 is 17.3 Å². The second-order valence-corrected chi connectivity index (χ2v) is 10.7. The fraction of sp³-hybridized carbons (Fsp3) is 0.800. The molecule has 3 fully saturated rings. The summed E-state index contributed by atoms with van der Waals surface area (Å²) >= 11 is 0. The van der Waals surface area contributed by atoms with Gasteiger partial charge in [0, 0.05) is 24.2 Å². The molecule has 5 heteroatoms. The minimum Gasteiger partial charge on any atom is -0.381 e. The van der Waals surface area contributed by atoms with Crippen LogP contribution in [0.1, 0.15) is 72.6 Å². The van der Waals surface area contributed by atoms with E-state index in [-0.39, 0.29) is 53.5 Å². The number of fused-ring (bicyclic) bond motifs is 5. The largest absolute Gasteiger partial charge is 0.381 e. The maximum absolute atomic E-state index is 13.6. The maximum Gasteiger partial charge on any atom is 0.178 e. The van der Waals surface area contributed by atoms with Crippen molar-refractivity contribution in [1.82, 2.24) is 4.90 Å². The van der Waals surface area contributed by atoms with E-state index < -0.39 is 11.0 Å². The van der Waals surface area contributed by atoms with Gasteiger partial charge in [0.15, 0.2) is 11.6 Å². The fourth-order valence-corrected chi connectivity index (χ4v) is 7.63. The van der Waals surface area contributed by atoms with Gasteiger partial charge in [0.1, 0.15) is 11.4 Å². The average molecular weight is 416 g/mol. The molecular formula is C25H37NO4. The second-order valence-electron chi connectivity index (χ2n) is 10.7. The Morgan fingerprint density at radius 2 is 1.83 bits per heavy atom. The summed E-state index contributed by atoms with van der Waals surface area (Å²) in [5.41, 5.74) is -1.18. The molecule has 4 aliphatic carbocycles. The Kier molecular flexibility index (Phi) is 5.38.